The maximum Gasteiger partial charge on any atom is 0.416 e. The fourth-order valence-electron chi connectivity index (χ4n) is 3.44. The van der Waals surface area contributed by atoms with Crippen LogP contribution in [0.4, 0.5) is 24.5 Å². The van der Waals surface area contributed by atoms with Crippen LogP contribution in [0.25, 0.3) is 11.4 Å². The highest BCUT2D eigenvalue weighted by molar-refractivity contribution is 7.99. The van der Waals surface area contributed by atoms with E-state index in [-0.39, 0.29) is 22.4 Å². The van der Waals surface area contributed by atoms with E-state index in [1.165, 1.54) is 10.7 Å². The molecule has 0 radical (unpaired) electrons. The Morgan fingerprint density at radius 2 is 1.89 bits per heavy atom. The molecule has 0 bridgehead atoms. The molecule has 3 N–H and O–H groups in total. The Balaban J connectivity index is 1.50. The summed E-state index contributed by atoms with van der Waals surface area (Å²) in [4.78, 5) is 14.5. The first-order valence-electron chi connectivity index (χ1n) is 10.3. The number of anilines is 2. The standard InChI is InChI=1S/C21H19Cl2F3N6O2S/c22-13-2-3-15(23)14(10-13)19-29-30-20(32(19)27)35-11-18(33)28-16-9-12(21(24,25)26)1-4-17(16)31-5-7-34-8-6-31/h1-4,9-10H,5-8,11,27H2,(H,28,33). The maximum atomic E-state index is 13.3. The topological polar surface area (TPSA) is 98.3 Å². The number of nitrogens with two attached hydrogens (primary N) is 1. The van der Waals surface area contributed by atoms with Crippen molar-refractivity contribution in [1.82, 2.24) is 14.9 Å². The van der Waals surface area contributed by atoms with Crippen molar-refractivity contribution in [3.63, 3.8) is 0 Å². The van der Waals surface area contributed by atoms with E-state index in [1.807, 2.05) is 4.90 Å². The van der Waals surface area contributed by atoms with Gasteiger partial charge in [-0.25, -0.2) is 4.68 Å². The van der Waals surface area contributed by atoms with E-state index in [0.717, 1.165) is 23.9 Å². The summed E-state index contributed by atoms with van der Waals surface area (Å²) in [5.41, 5.74) is 0.152. The molecule has 3 aromatic rings. The third-order valence-electron chi connectivity index (χ3n) is 5.12. The number of carbonyl (C=O) groups excluding carboxylic acids is 1. The van der Waals surface area contributed by atoms with Crippen LogP contribution in [0.5, 0.6) is 0 Å². The van der Waals surface area contributed by atoms with Gasteiger partial charge in [0.1, 0.15) is 0 Å². The van der Waals surface area contributed by atoms with Crippen LogP contribution in [0, 0.1) is 0 Å². The summed E-state index contributed by atoms with van der Waals surface area (Å²) in [6, 6.07) is 8.07. The van der Waals surface area contributed by atoms with Crippen LogP contribution in [0.3, 0.4) is 0 Å². The number of amides is 1. The van der Waals surface area contributed by atoms with Crippen LogP contribution in [-0.4, -0.2) is 52.8 Å². The number of aromatic nitrogens is 3. The predicted octanol–water partition coefficient (Wildman–Crippen LogP) is 4.55. The van der Waals surface area contributed by atoms with Gasteiger partial charge in [0.2, 0.25) is 11.1 Å². The largest absolute Gasteiger partial charge is 0.416 e. The Morgan fingerprint density at radius 3 is 2.60 bits per heavy atom. The number of hydrogen-bond donors (Lipinski definition) is 2. The number of nitrogens with one attached hydrogen (secondary N) is 1. The minimum Gasteiger partial charge on any atom is -0.378 e. The SMILES string of the molecule is Nn1c(SCC(=O)Nc2cc(C(F)(F)F)ccc2N2CCOCC2)nnc1-c1cc(Cl)ccc1Cl. The predicted molar refractivity (Wildman–Crippen MR) is 129 cm³/mol. The normalized spacial score (nSPS) is 14.3. The second-order valence-corrected chi connectivity index (χ2v) is 9.25. The number of nitrogens with zero attached hydrogens (tertiary/aromatic N) is 4. The van der Waals surface area contributed by atoms with Crippen LogP contribution < -0.4 is 16.1 Å². The molecule has 0 unspecified atom stereocenters. The molecule has 0 saturated carbocycles. The van der Waals surface area contributed by atoms with Gasteiger partial charge in [-0.15, -0.1) is 10.2 Å². The number of nitrogen functional groups attached to an aromatic ring is 1. The van der Waals surface area contributed by atoms with E-state index in [2.05, 4.69) is 15.5 Å². The van der Waals surface area contributed by atoms with Crippen molar-refractivity contribution < 1.29 is 22.7 Å². The van der Waals surface area contributed by atoms with Gasteiger partial charge in [0.15, 0.2) is 5.82 Å². The Labute approximate surface area is 212 Å². The molecule has 4 rings (SSSR count). The van der Waals surface area contributed by atoms with Gasteiger partial charge < -0.3 is 20.8 Å². The Hall–Kier alpha value is -2.67. The summed E-state index contributed by atoms with van der Waals surface area (Å²) in [7, 11) is 0. The summed E-state index contributed by atoms with van der Waals surface area (Å²) in [5.74, 6) is 5.62. The molecule has 1 aliphatic heterocycles. The van der Waals surface area contributed by atoms with Gasteiger partial charge in [0.05, 0.1) is 40.9 Å². The van der Waals surface area contributed by atoms with E-state index in [9.17, 15) is 18.0 Å². The van der Waals surface area contributed by atoms with Crippen LogP contribution in [0.2, 0.25) is 10.0 Å². The number of hydrogen-bond acceptors (Lipinski definition) is 7. The van der Waals surface area contributed by atoms with Crippen LogP contribution in [0.1, 0.15) is 5.56 Å². The number of thioether (sulfide) groups is 1. The van der Waals surface area contributed by atoms with Gasteiger partial charge in [0.25, 0.3) is 0 Å². The lowest BCUT2D eigenvalue weighted by atomic mass is 10.1. The van der Waals surface area contributed by atoms with Gasteiger partial charge in [-0.2, -0.15) is 13.2 Å². The number of morpholine rings is 1. The van der Waals surface area contributed by atoms with Crippen molar-refractivity contribution in [2.75, 3.05) is 48.1 Å². The summed E-state index contributed by atoms with van der Waals surface area (Å²) < 4.78 is 46.3. The highest BCUT2D eigenvalue weighted by Gasteiger charge is 2.32. The molecule has 2 aromatic carbocycles. The molecule has 1 saturated heterocycles. The zero-order chi connectivity index (χ0) is 25.2. The van der Waals surface area contributed by atoms with E-state index in [4.69, 9.17) is 33.8 Å². The molecule has 1 amide bonds. The molecule has 1 fully saturated rings. The lowest BCUT2D eigenvalue weighted by Gasteiger charge is -2.31. The number of alkyl halides is 3. The Kier molecular flexibility index (Phi) is 7.64. The van der Waals surface area contributed by atoms with Crippen molar-refractivity contribution in [2.45, 2.75) is 11.3 Å². The van der Waals surface area contributed by atoms with Gasteiger partial charge in [-0.3, -0.25) is 4.79 Å². The molecule has 1 aromatic heterocycles. The number of carbonyl (C=O) groups is 1. The van der Waals surface area contributed by atoms with E-state index < -0.39 is 17.6 Å². The van der Waals surface area contributed by atoms with E-state index in [0.29, 0.717) is 47.6 Å². The molecule has 0 aliphatic carbocycles. The highest BCUT2D eigenvalue weighted by atomic mass is 35.5. The lowest BCUT2D eigenvalue weighted by molar-refractivity contribution is -0.137. The molecule has 186 valence electrons. The summed E-state index contributed by atoms with van der Waals surface area (Å²) in [6.07, 6.45) is -4.55. The first kappa shape index (κ1) is 25.4. The number of rotatable bonds is 6. The van der Waals surface area contributed by atoms with Gasteiger partial charge in [0, 0.05) is 23.7 Å². The van der Waals surface area contributed by atoms with Crippen molar-refractivity contribution in [3.05, 3.63) is 52.0 Å². The van der Waals surface area contributed by atoms with Crippen LogP contribution in [0.15, 0.2) is 41.6 Å². The first-order valence-corrected chi connectivity index (χ1v) is 12.0. The zero-order valence-corrected chi connectivity index (χ0v) is 20.3. The number of ether oxygens (including phenoxy) is 1. The number of halogens is 5. The monoisotopic (exact) mass is 546 g/mol. The van der Waals surface area contributed by atoms with E-state index >= 15 is 0 Å². The second-order valence-electron chi connectivity index (χ2n) is 7.47. The van der Waals surface area contributed by atoms with Gasteiger partial charge in [-0.1, -0.05) is 35.0 Å². The molecule has 1 aliphatic rings. The molecule has 0 atom stereocenters. The fraction of sp³-hybridized carbons (Fsp3) is 0.286. The summed E-state index contributed by atoms with van der Waals surface area (Å²) in [6.45, 7) is 1.87. The van der Waals surface area contributed by atoms with Gasteiger partial charge >= 0.3 is 6.18 Å². The zero-order valence-electron chi connectivity index (χ0n) is 18.0. The van der Waals surface area contributed by atoms with Crippen molar-refractivity contribution in [1.29, 1.82) is 0 Å². The molecule has 14 heteroatoms. The average molecular weight is 547 g/mol. The molecule has 35 heavy (non-hydrogen) atoms. The third kappa shape index (κ3) is 5.95. The molecule has 8 nitrogen and oxygen atoms in total. The minimum absolute atomic E-state index is 0.0629. The van der Waals surface area contributed by atoms with Crippen LogP contribution in [-0.2, 0) is 15.7 Å². The molecule has 2 heterocycles. The van der Waals surface area contributed by atoms with Crippen molar-refractivity contribution in [2.24, 2.45) is 0 Å². The molecular weight excluding hydrogens is 528 g/mol. The number of benzene rings is 2. The molecule has 0 spiro atoms. The summed E-state index contributed by atoms with van der Waals surface area (Å²) >= 11 is 13.2. The van der Waals surface area contributed by atoms with Crippen molar-refractivity contribution in [3.8, 4) is 11.4 Å². The lowest BCUT2D eigenvalue weighted by Crippen LogP contribution is -2.37. The third-order valence-corrected chi connectivity index (χ3v) is 6.62. The van der Waals surface area contributed by atoms with Crippen LogP contribution >= 0.6 is 35.0 Å². The van der Waals surface area contributed by atoms with E-state index in [1.54, 1.807) is 18.2 Å². The highest BCUT2D eigenvalue weighted by Crippen LogP contribution is 2.36. The first-order chi connectivity index (χ1) is 16.6. The molecular formula is C21H19Cl2F3N6O2S. The average Bonchev–Trinajstić information content (AvgIpc) is 3.19. The Morgan fingerprint density at radius 1 is 1.14 bits per heavy atom. The minimum atomic E-state index is -4.55. The second kappa shape index (κ2) is 10.5. The van der Waals surface area contributed by atoms with Gasteiger partial charge in [-0.05, 0) is 36.4 Å². The van der Waals surface area contributed by atoms with Crippen molar-refractivity contribution >= 4 is 52.2 Å². The maximum absolute atomic E-state index is 13.3. The quantitative estimate of drug-likeness (QED) is 0.345. The Bertz CT molecular complexity index is 1230. The smallest absolute Gasteiger partial charge is 0.378 e. The fourth-order valence-corrected chi connectivity index (χ4v) is 4.47. The summed E-state index contributed by atoms with van der Waals surface area (Å²) in [5, 5.41) is 11.6.